The lowest BCUT2D eigenvalue weighted by molar-refractivity contribution is 0.0847. The van der Waals surface area contributed by atoms with E-state index in [1.54, 1.807) is 42.6 Å². The molecule has 28 heavy (non-hydrogen) atoms. The first-order valence-corrected chi connectivity index (χ1v) is 9.48. The molecule has 2 aromatic heterocycles. The fraction of sp³-hybridized carbons (Fsp3) is 0. The number of pyridine rings is 1. The minimum atomic E-state index is -0.482. The van der Waals surface area contributed by atoms with E-state index in [-0.39, 0.29) is 0 Å². The van der Waals surface area contributed by atoms with Gasteiger partial charge in [-0.25, -0.2) is 4.98 Å². The fourth-order valence-electron chi connectivity index (χ4n) is 2.59. The molecule has 0 radical (unpaired) electrons. The SMILES string of the molecule is O=C(NNC(=O)c1cccnc1-c1nc2ccccc2s1)c1ccc(Cl)cc1. The van der Waals surface area contributed by atoms with E-state index >= 15 is 0 Å². The van der Waals surface area contributed by atoms with Gasteiger partial charge in [0.1, 0.15) is 10.7 Å². The van der Waals surface area contributed by atoms with Crippen molar-refractivity contribution in [3.63, 3.8) is 0 Å². The van der Waals surface area contributed by atoms with Crippen LogP contribution in [0.1, 0.15) is 20.7 Å². The van der Waals surface area contributed by atoms with E-state index in [0.717, 1.165) is 10.2 Å². The molecule has 0 bridgehead atoms. The number of halogens is 1. The zero-order valence-corrected chi connectivity index (χ0v) is 15.9. The average Bonchev–Trinajstić information content (AvgIpc) is 3.16. The molecule has 8 heteroatoms. The summed E-state index contributed by atoms with van der Waals surface area (Å²) in [6, 6.07) is 17.4. The van der Waals surface area contributed by atoms with Gasteiger partial charge >= 0.3 is 0 Å². The third-order valence-corrected chi connectivity index (χ3v) is 5.24. The van der Waals surface area contributed by atoms with Crippen LogP contribution in [0.25, 0.3) is 20.9 Å². The van der Waals surface area contributed by atoms with Gasteiger partial charge in [-0.3, -0.25) is 25.4 Å². The molecule has 2 heterocycles. The third kappa shape index (κ3) is 3.71. The minimum absolute atomic E-state index is 0.318. The van der Waals surface area contributed by atoms with Crippen molar-refractivity contribution < 1.29 is 9.59 Å². The van der Waals surface area contributed by atoms with Crippen molar-refractivity contribution in [2.75, 3.05) is 0 Å². The van der Waals surface area contributed by atoms with Crippen LogP contribution in [0.15, 0.2) is 66.9 Å². The van der Waals surface area contributed by atoms with Gasteiger partial charge in [-0.15, -0.1) is 11.3 Å². The largest absolute Gasteiger partial charge is 0.272 e. The zero-order valence-electron chi connectivity index (χ0n) is 14.3. The van der Waals surface area contributed by atoms with Crippen molar-refractivity contribution in [3.8, 4) is 10.7 Å². The fourth-order valence-corrected chi connectivity index (χ4v) is 3.69. The molecule has 0 saturated heterocycles. The maximum absolute atomic E-state index is 12.6. The number of hydrazine groups is 1. The number of nitrogens with one attached hydrogen (secondary N) is 2. The second-order valence-electron chi connectivity index (χ2n) is 5.80. The number of benzene rings is 2. The molecular formula is C20H13ClN4O2S. The Balaban J connectivity index is 1.55. The summed E-state index contributed by atoms with van der Waals surface area (Å²) >= 11 is 7.27. The molecule has 6 nitrogen and oxygen atoms in total. The summed E-state index contributed by atoms with van der Waals surface area (Å²) in [7, 11) is 0. The van der Waals surface area contributed by atoms with Crippen molar-refractivity contribution >= 4 is 45.0 Å². The molecule has 4 aromatic rings. The maximum Gasteiger partial charge on any atom is 0.272 e. The highest BCUT2D eigenvalue weighted by molar-refractivity contribution is 7.21. The Labute approximate surface area is 169 Å². The molecule has 2 aromatic carbocycles. The number of rotatable bonds is 3. The van der Waals surface area contributed by atoms with E-state index in [9.17, 15) is 9.59 Å². The summed E-state index contributed by atoms with van der Waals surface area (Å²) in [5.74, 6) is -0.930. The average molecular weight is 409 g/mol. The third-order valence-electron chi connectivity index (χ3n) is 3.94. The Bertz CT molecular complexity index is 1140. The van der Waals surface area contributed by atoms with Crippen LogP contribution in [0.4, 0.5) is 0 Å². The molecule has 2 amide bonds. The highest BCUT2D eigenvalue weighted by Gasteiger charge is 2.17. The number of amides is 2. The summed E-state index contributed by atoms with van der Waals surface area (Å²) in [5.41, 5.74) is 6.81. The van der Waals surface area contributed by atoms with Crippen molar-refractivity contribution in [1.29, 1.82) is 0 Å². The summed E-state index contributed by atoms with van der Waals surface area (Å²) in [5, 5.41) is 1.16. The number of fused-ring (bicyclic) bond motifs is 1. The van der Waals surface area contributed by atoms with Crippen molar-refractivity contribution in [3.05, 3.63) is 83.0 Å². The Morgan fingerprint density at radius 1 is 0.893 bits per heavy atom. The predicted octanol–water partition coefficient (Wildman–Crippen LogP) is 4.09. The quantitative estimate of drug-likeness (QED) is 0.500. The summed E-state index contributed by atoms with van der Waals surface area (Å²) in [4.78, 5) is 33.7. The first-order chi connectivity index (χ1) is 13.6. The summed E-state index contributed by atoms with van der Waals surface area (Å²) < 4.78 is 1.01. The smallest absolute Gasteiger partial charge is 0.267 e. The molecule has 0 spiro atoms. The van der Waals surface area contributed by atoms with E-state index < -0.39 is 11.8 Å². The van der Waals surface area contributed by atoms with Crippen LogP contribution >= 0.6 is 22.9 Å². The number of hydrogen-bond acceptors (Lipinski definition) is 5. The van der Waals surface area contributed by atoms with Gasteiger partial charge in [0.25, 0.3) is 11.8 Å². The molecular weight excluding hydrogens is 396 g/mol. The van der Waals surface area contributed by atoms with Gasteiger partial charge in [-0.2, -0.15) is 0 Å². The first-order valence-electron chi connectivity index (χ1n) is 8.29. The number of aromatic nitrogens is 2. The van der Waals surface area contributed by atoms with E-state index in [1.165, 1.54) is 11.3 Å². The molecule has 0 unspecified atom stereocenters. The number of hydrogen-bond donors (Lipinski definition) is 2. The molecule has 0 aliphatic rings. The highest BCUT2D eigenvalue weighted by Crippen LogP contribution is 2.30. The Morgan fingerprint density at radius 3 is 2.43 bits per heavy atom. The van der Waals surface area contributed by atoms with Crippen molar-refractivity contribution in [2.45, 2.75) is 0 Å². The van der Waals surface area contributed by atoms with E-state index in [2.05, 4.69) is 20.8 Å². The zero-order chi connectivity index (χ0) is 19.5. The monoisotopic (exact) mass is 408 g/mol. The molecule has 4 rings (SSSR count). The topological polar surface area (TPSA) is 84.0 Å². The van der Waals surface area contributed by atoms with E-state index in [4.69, 9.17) is 11.6 Å². The minimum Gasteiger partial charge on any atom is -0.267 e. The van der Waals surface area contributed by atoms with Gasteiger partial charge in [0, 0.05) is 16.8 Å². The molecule has 0 fully saturated rings. The molecule has 0 aliphatic carbocycles. The number of carbonyl (C=O) groups excluding carboxylic acids is 2. The van der Waals surface area contributed by atoms with Crippen LogP contribution in [0, 0.1) is 0 Å². The lowest BCUT2D eigenvalue weighted by Gasteiger charge is -2.09. The van der Waals surface area contributed by atoms with Crippen LogP contribution in [0.2, 0.25) is 5.02 Å². The normalized spacial score (nSPS) is 10.6. The van der Waals surface area contributed by atoms with Crippen molar-refractivity contribution in [1.82, 2.24) is 20.8 Å². The van der Waals surface area contributed by atoms with Gasteiger partial charge in [-0.1, -0.05) is 23.7 Å². The van der Waals surface area contributed by atoms with Crippen LogP contribution in [0.3, 0.4) is 0 Å². The second kappa shape index (κ2) is 7.75. The van der Waals surface area contributed by atoms with Crippen LogP contribution in [-0.2, 0) is 0 Å². The molecule has 0 saturated carbocycles. The molecule has 0 aliphatic heterocycles. The number of para-hydroxylation sites is 1. The van der Waals surface area contributed by atoms with Crippen molar-refractivity contribution in [2.24, 2.45) is 0 Å². The van der Waals surface area contributed by atoms with E-state index in [1.807, 2.05) is 24.3 Å². The highest BCUT2D eigenvalue weighted by atomic mass is 35.5. The standard InChI is InChI=1S/C20H13ClN4O2S/c21-13-9-7-12(8-10-13)18(26)24-25-19(27)14-4-3-11-22-17(14)20-23-15-5-1-2-6-16(15)28-20/h1-11H,(H,24,26)(H,25,27). The Kier molecular flexibility index (Phi) is 5.01. The number of nitrogens with zero attached hydrogens (tertiary/aromatic N) is 2. The lowest BCUT2D eigenvalue weighted by Crippen LogP contribution is -2.41. The van der Waals surface area contributed by atoms with E-state index in [0.29, 0.717) is 26.9 Å². The molecule has 0 atom stereocenters. The second-order valence-corrected chi connectivity index (χ2v) is 7.27. The summed E-state index contributed by atoms with van der Waals surface area (Å²) in [6.45, 7) is 0. The van der Waals surface area contributed by atoms with Gasteiger partial charge in [0.15, 0.2) is 0 Å². The maximum atomic E-state index is 12.6. The van der Waals surface area contributed by atoms with Crippen LogP contribution in [-0.4, -0.2) is 21.8 Å². The molecule has 138 valence electrons. The van der Waals surface area contributed by atoms with Gasteiger partial charge in [0.05, 0.1) is 15.8 Å². The van der Waals surface area contributed by atoms with Gasteiger partial charge in [-0.05, 0) is 48.5 Å². The summed E-state index contributed by atoms with van der Waals surface area (Å²) in [6.07, 6.45) is 1.60. The lowest BCUT2D eigenvalue weighted by atomic mass is 10.2. The van der Waals surface area contributed by atoms with Gasteiger partial charge < -0.3 is 0 Å². The van der Waals surface area contributed by atoms with Crippen LogP contribution in [0.5, 0.6) is 0 Å². The molecule has 2 N–H and O–H groups in total. The Morgan fingerprint density at radius 2 is 1.64 bits per heavy atom. The van der Waals surface area contributed by atoms with Crippen LogP contribution < -0.4 is 10.9 Å². The number of carbonyl (C=O) groups is 2. The Hall–Kier alpha value is -3.29. The van der Waals surface area contributed by atoms with Gasteiger partial charge in [0.2, 0.25) is 0 Å². The number of thiazole rings is 1. The predicted molar refractivity (Wildman–Crippen MR) is 109 cm³/mol. The first kappa shape index (κ1) is 18.1.